The van der Waals surface area contributed by atoms with Gasteiger partial charge in [0, 0.05) is 23.7 Å². The van der Waals surface area contributed by atoms with Crippen molar-refractivity contribution in [3.05, 3.63) is 53.1 Å². The number of fused-ring (bicyclic) bond motifs is 3. The fourth-order valence-corrected chi connectivity index (χ4v) is 4.65. The predicted molar refractivity (Wildman–Crippen MR) is 114 cm³/mol. The van der Waals surface area contributed by atoms with Gasteiger partial charge in [0.15, 0.2) is 0 Å². The topological polar surface area (TPSA) is 104 Å². The second kappa shape index (κ2) is 7.80. The van der Waals surface area contributed by atoms with Crippen LogP contribution in [0.4, 0.5) is 0 Å². The Balaban J connectivity index is 1.47. The molecule has 1 saturated carbocycles. The summed E-state index contributed by atoms with van der Waals surface area (Å²) in [7, 11) is 0. The molecule has 2 aromatic carbocycles. The molecule has 31 heavy (non-hydrogen) atoms. The van der Waals surface area contributed by atoms with Crippen LogP contribution in [0.25, 0.3) is 22.8 Å². The largest absolute Gasteiger partial charge is 0.490 e. The minimum atomic E-state index is -0.0184. The van der Waals surface area contributed by atoms with E-state index >= 15 is 0 Å². The molecule has 0 aliphatic heterocycles. The van der Waals surface area contributed by atoms with Gasteiger partial charge < -0.3 is 19.7 Å². The zero-order valence-corrected chi connectivity index (χ0v) is 17.5. The first-order valence-electron chi connectivity index (χ1n) is 10.6. The van der Waals surface area contributed by atoms with Gasteiger partial charge in [-0.2, -0.15) is 10.2 Å². The molecule has 7 nitrogen and oxygen atoms in total. The first kappa shape index (κ1) is 19.7. The molecule has 0 spiro atoms. The Morgan fingerprint density at radius 2 is 2.19 bits per heavy atom. The second-order valence-corrected chi connectivity index (χ2v) is 8.38. The molecule has 5 rings (SSSR count). The van der Waals surface area contributed by atoms with Gasteiger partial charge in [-0.3, -0.25) is 0 Å². The molecule has 7 heteroatoms. The number of nitrogens with zero attached hydrogens (tertiary/aromatic N) is 3. The van der Waals surface area contributed by atoms with Crippen LogP contribution in [0.1, 0.15) is 48.9 Å². The number of aromatic nitrogens is 2. The van der Waals surface area contributed by atoms with Crippen molar-refractivity contribution in [3.8, 4) is 34.7 Å². The van der Waals surface area contributed by atoms with Crippen molar-refractivity contribution >= 4 is 0 Å². The zero-order chi connectivity index (χ0) is 21.5. The first-order chi connectivity index (χ1) is 15.1. The highest BCUT2D eigenvalue weighted by Crippen LogP contribution is 2.63. The summed E-state index contributed by atoms with van der Waals surface area (Å²) in [5.74, 6) is 2.55. The molecule has 158 valence electrons. The van der Waals surface area contributed by atoms with E-state index in [1.165, 1.54) is 11.1 Å². The van der Waals surface area contributed by atoms with Gasteiger partial charge in [-0.15, -0.1) is 0 Å². The lowest BCUT2D eigenvalue weighted by atomic mass is 9.97. The molecule has 1 fully saturated rings. The molecule has 2 aliphatic rings. The van der Waals surface area contributed by atoms with Crippen LogP contribution < -0.4 is 10.1 Å². The van der Waals surface area contributed by atoms with Gasteiger partial charge in [0.2, 0.25) is 5.82 Å². The number of hydrogen-bond acceptors (Lipinski definition) is 7. The quantitative estimate of drug-likeness (QED) is 0.604. The van der Waals surface area contributed by atoms with Crippen LogP contribution in [0, 0.1) is 17.2 Å². The van der Waals surface area contributed by atoms with E-state index in [1.807, 2.05) is 32.0 Å². The Hall–Kier alpha value is -3.21. The smallest absolute Gasteiger partial charge is 0.258 e. The Morgan fingerprint density at radius 3 is 2.97 bits per heavy atom. The molecule has 2 N–H and O–H groups in total. The Bertz CT molecular complexity index is 1160. The minimum Gasteiger partial charge on any atom is -0.490 e. The van der Waals surface area contributed by atoms with Crippen molar-refractivity contribution in [1.82, 2.24) is 15.5 Å². The molecule has 0 amide bonds. The van der Waals surface area contributed by atoms with Crippen LogP contribution in [0.5, 0.6) is 5.75 Å². The van der Waals surface area contributed by atoms with Crippen LogP contribution in [0.15, 0.2) is 40.9 Å². The Morgan fingerprint density at radius 1 is 1.32 bits per heavy atom. The number of nitriles is 1. The van der Waals surface area contributed by atoms with Gasteiger partial charge in [0.1, 0.15) is 11.8 Å². The average molecular weight is 416 g/mol. The number of hydrogen-bond donors (Lipinski definition) is 2. The lowest BCUT2D eigenvalue weighted by Crippen LogP contribution is -2.24. The molecule has 3 atom stereocenters. The summed E-state index contributed by atoms with van der Waals surface area (Å²) in [6, 6.07) is 14.0. The third kappa shape index (κ3) is 3.48. The van der Waals surface area contributed by atoms with E-state index < -0.39 is 0 Å². The number of rotatable bonds is 7. The van der Waals surface area contributed by atoms with E-state index in [9.17, 15) is 10.4 Å². The van der Waals surface area contributed by atoms with Crippen LogP contribution in [-0.2, 0) is 0 Å². The van der Waals surface area contributed by atoms with Crippen molar-refractivity contribution in [1.29, 1.82) is 5.26 Å². The number of benzene rings is 2. The van der Waals surface area contributed by atoms with E-state index in [4.69, 9.17) is 9.26 Å². The lowest BCUT2D eigenvalue weighted by molar-refractivity contribution is 0.241. The molecule has 1 heterocycles. The number of ether oxygens (including phenoxy) is 1. The van der Waals surface area contributed by atoms with E-state index in [0.717, 1.165) is 12.0 Å². The second-order valence-electron chi connectivity index (χ2n) is 8.38. The molecular formula is C24H24N4O3. The Kier molecular flexibility index (Phi) is 4.97. The van der Waals surface area contributed by atoms with Crippen molar-refractivity contribution in [2.45, 2.75) is 38.3 Å². The molecular weight excluding hydrogens is 392 g/mol. The van der Waals surface area contributed by atoms with E-state index in [-0.39, 0.29) is 18.8 Å². The van der Waals surface area contributed by atoms with Crippen molar-refractivity contribution in [2.75, 3.05) is 13.2 Å². The minimum absolute atomic E-state index is 0.0184. The number of aliphatic hydroxyl groups is 1. The van der Waals surface area contributed by atoms with Crippen LogP contribution in [0.2, 0.25) is 0 Å². The summed E-state index contributed by atoms with van der Waals surface area (Å²) in [5.41, 5.74) is 4.67. The van der Waals surface area contributed by atoms with Gasteiger partial charge in [0.25, 0.3) is 5.89 Å². The standard InChI is InChI=1S/C24H24N4O3/c1-13(2)30-20-7-6-14(10-15(20)12-25)24-27-23(28-31-24)17-5-3-4-16-21(17)18-11-19(18)22(16)26-8-9-29/h3-7,10,13,18-19,22,26,29H,8-9,11H2,1-2H3. The zero-order valence-electron chi connectivity index (χ0n) is 17.5. The van der Waals surface area contributed by atoms with Gasteiger partial charge >= 0.3 is 0 Å². The van der Waals surface area contributed by atoms with Crippen LogP contribution in [0.3, 0.4) is 0 Å². The fraction of sp³-hybridized carbons (Fsp3) is 0.375. The van der Waals surface area contributed by atoms with Gasteiger partial charge in [0.05, 0.1) is 18.3 Å². The number of aliphatic hydroxyl groups excluding tert-OH is 1. The summed E-state index contributed by atoms with van der Waals surface area (Å²) in [5, 5.41) is 26.4. The maximum Gasteiger partial charge on any atom is 0.258 e. The normalized spacial score (nSPS) is 20.9. The van der Waals surface area contributed by atoms with E-state index in [0.29, 0.717) is 47.0 Å². The molecule has 0 radical (unpaired) electrons. The van der Waals surface area contributed by atoms with Crippen LogP contribution in [-0.4, -0.2) is 34.5 Å². The maximum atomic E-state index is 9.49. The van der Waals surface area contributed by atoms with Crippen molar-refractivity contribution in [3.63, 3.8) is 0 Å². The Labute approximate surface area is 180 Å². The van der Waals surface area contributed by atoms with Gasteiger partial charge in [-0.25, -0.2) is 0 Å². The molecule has 0 saturated heterocycles. The first-order valence-corrected chi connectivity index (χ1v) is 10.6. The lowest BCUT2D eigenvalue weighted by Gasteiger charge is -2.17. The van der Waals surface area contributed by atoms with Crippen LogP contribution >= 0.6 is 0 Å². The maximum absolute atomic E-state index is 9.49. The van der Waals surface area contributed by atoms with Gasteiger partial charge in [-0.05, 0) is 61.4 Å². The highest BCUT2D eigenvalue weighted by atomic mass is 16.5. The third-order valence-corrected chi connectivity index (χ3v) is 5.97. The van der Waals surface area contributed by atoms with Gasteiger partial charge in [-0.1, -0.05) is 23.4 Å². The summed E-state index contributed by atoms with van der Waals surface area (Å²) in [4.78, 5) is 4.65. The van der Waals surface area contributed by atoms with Crippen molar-refractivity contribution in [2.24, 2.45) is 5.92 Å². The van der Waals surface area contributed by atoms with E-state index in [1.54, 1.807) is 12.1 Å². The predicted octanol–water partition coefficient (Wildman–Crippen LogP) is 3.80. The molecule has 2 aliphatic carbocycles. The summed E-state index contributed by atoms with van der Waals surface area (Å²) in [6.07, 6.45) is 1.12. The van der Waals surface area contributed by atoms with E-state index in [2.05, 4.69) is 27.6 Å². The highest BCUT2D eigenvalue weighted by Gasteiger charge is 2.52. The average Bonchev–Trinajstić information content (AvgIpc) is 3.27. The molecule has 3 aromatic rings. The summed E-state index contributed by atoms with van der Waals surface area (Å²) in [6.45, 7) is 4.56. The molecule has 1 aromatic heterocycles. The SMILES string of the molecule is CC(C)Oc1ccc(-c2nc(-c3cccc4c3C3CC3C4NCCO)no2)cc1C#N. The third-order valence-electron chi connectivity index (χ3n) is 5.97. The molecule has 3 unspecified atom stereocenters. The monoisotopic (exact) mass is 416 g/mol. The highest BCUT2D eigenvalue weighted by molar-refractivity contribution is 5.69. The molecule has 0 bridgehead atoms. The van der Waals surface area contributed by atoms with Crippen molar-refractivity contribution < 1.29 is 14.4 Å². The summed E-state index contributed by atoms with van der Waals surface area (Å²) >= 11 is 0. The number of nitrogens with one attached hydrogen (secondary N) is 1. The fourth-order valence-electron chi connectivity index (χ4n) is 4.65. The summed E-state index contributed by atoms with van der Waals surface area (Å²) < 4.78 is 11.3.